The zero-order chi connectivity index (χ0) is 18.9. The van der Waals surface area contributed by atoms with Gasteiger partial charge in [0.2, 0.25) is 0 Å². The highest BCUT2D eigenvalue weighted by atomic mass is 16.6. The van der Waals surface area contributed by atoms with Crippen LogP contribution in [0.25, 0.3) is 0 Å². The Morgan fingerprint density at radius 3 is 2.15 bits per heavy atom. The Labute approximate surface area is 151 Å². The summed E-state index contributed by atoms with van der Waals surface area (Å²) in [4.78, 5) is 34.0. The predicted octanol–water partition coefficient (Wildman–Crippen LogP) is 2.59. The van der Waals surface area contributed by atoms with E-state index in [2.05, 4.69) is 6.58 Å². The monoisotopic (exact) mass is 362 g/mol. The summed E-state index contributed by atoms with van der Waals surface area (Å²) in [6.45, 7) is 3.60. The average Bonchev–Trinajstić information content (AvgIpc) is 2.66. The van der Waals surface area contributed by atoms with Gasteiger partial charge in [-0.05, 0) is 49.9 Å². The van der Waals surface area contributed by atoms with E-state index in [9.17, 15) is 14.4 Å². The molecule has 7 nitrogen and oxygen atoms in total. The number of aliphatic carboxylic acids is 1. The molecule has 1 aliphatic rings. The lowest BCUT2D eigenvalue weighted by Gasteiger charge is -2.24. The number of hydrogen-bond donors (Lipinski definition) is 1. The Bertz CT molecular complexity index is 642. The topological polar surface area (TPSA) is 99.1 Å². The molecule has 0 aliphatic heterocycles. The van der Waals surface area contributed by atoms with Gasteiger partial charge in [-0.25, -0.2) is 4.79 Å². The number of esters is 2. The molecular formula is C19H22O7. The molecule has 0 spiro atoms. The fourth-order valence-corrected chi connectivity index (χ4v) is 2.74. The summed E-state index contributed by atoms with van der Waals surface area (Å²) < 4.78 is 15.5. The van der Waals surface area contributed by atoms with Crippen molar-refractivity contribution in [1.29, 1.82) is 0 Å². The van der Waals surface area contributed by atoms with Crippen LogP contribution in [-0.4, -0.2) is 36.2 Å². The van der Waals surface area contributed by atoms with Gasteiger partial charge in [0, 0.05) is 6.08 Å². The summed E-state index contributed by atoms with van der Waals surface area (Å²) in [5, 5.41) is 8.98. The second-order valence-electron chi connectivity index (χ2n) is 6.00. The van der Waals surface area contributed by atoms with E-state index in [1.54, 1.807) is 24.3 Å². The summed E-state index contributed by atoms with van der Waals surface area (Å²) >= 11 is 0. The second-order valence-corrected chi connectivity index (χ2v) is 6.00. The molecule has 0 heterocycles. The van der Waals surface area contributed by atoms with Crippen molar-refractivity contribution < 1.29 is 33.7 Å². The molecule has 0 atom stereocenters. The fraction of sp³-hybridized carbons (Fsp3) is 0.421. The zero-order valence-corrected chi connectivity index (χ0v) is 14.4. The zero-order valence-electron chi connectivity index (χ0n) is 14.4. The first-order valence-corrected chi connectivity index (χ1v) is 8.46. The van der Waals surface area contributed by atoms with Gasteiger partial charge >= 0.3 is 17.9 Å². The van der Waals surface area contributed by atoms with Crippen LogP contribution in [0.5, 0.6) is 11.5 Å². The van der Waals surface area contributed by atoms with Gasteiger partial charge in [0.1, 0.15) is 24.7 Å². The normalized spacial score (nSPS) is 19.2. The summed E-state index contributed by atoms with van der Waals surface area (Å²) in [6, 6.07) is 6.54. The quantitative estimate of drug-likeness (QED) is 0.328. The maximum absolute atomic E-state index is 12.2. The van der Waals surface area contributed by atoms with Crippen molar-refractivity contribution in [2.75, 3.05) is 13.2 Å². The molecule has 0 bridgehead atoms. The highest BCUT2D eigenvalue weighted by Gasteiger charge is 2.30. The molecule has 0 aromatic heterocycles. The lowest BCUT2D eigenvalue weighted by Crippen LogP contribution is -2.28. The van der Waals surface area contributed by atoms with Gasteiger partial charge in [0.15, 0.2) is 0 Å². The van der Waals surface area contributed by atoms with Crippen LogP contribution in [-0.2, 0) is 19.1 Å². The number of carboxylic acids is 1. The van der Waals surface area contributed by atoms with Crippen LogP contribution in [0.15, 0.2) is 36.9 Å². The third-order valence-corrected chi connectivity index (χ3v) is 4.21. The van der Waals surface area contributed by atoms with E-state index in [4.69, 9.17) is 19.3 Å². The van der Waals surface area contributed by atoms with Crippen LogP contribution < -0.4 is 9.47 Å². The van der Waals surface area contributed by atoms with Crippen molar-refractivity contribution in [3.63, 3.8) is 0 Å². The van der Waals surface area contributed by atoms with Gasteiger partial charge in [-0.1, -0.05) is 6.58 Å². The molecule has 140 valence electrons. The number of carboxylic acid groups (broad SMARTS) is 1. The molecule has 26 heavy (non-hydrogen) atoms. The largest absolute Gasteiger partial charge is 0.490 e. The van der Waals surface area contributed by atoms with Gasteiger partial charge in [-0.15, -0.1) is 0 Å². The minimum Gasteiger partial charge on any atom is -0.490 e. The minimum atomic E-state index is -0.799. The van der Waals surface area contributed by atoms with Gasteiger partial charge in [0.05, 0.1) is 11.8 Å². The standard InChI is InChI=1S/C19H22O7/c1-2-17(20)25-12-11-24-15-7-9-16(10-8-15)26-19(23)14-5-3-13(4-6-14)18(21)22/h2,7-10,13-14H,1,3-6,11-12H2,(H,21,22). The van der Waals surface area contributed by atoms with Crippen LogP contribution in [0.2, 0.25) is 0 Å². The first-order chi connectivity index (χ1) is 12.5. The van der Waals surface area contributed by atoms with Crippen molar-refractivity contribution >= 4 is 17.9 Å². The maximum atomic E-state index is 12.2. The van der Waals surface area contributed by atoms with E-state index in [0.29, 0.717) is 37.2 Å². The van der Waals surface area contributed by atoms with Crippen molar-refractivity contribution in [3.05, 3.63) is 36.9 Å². The van der Waals surface area contributed by atoms with E-state index in [-0.39, 0.29) is 31.0 Å². The van der Waals surface area contributed by atoms with Crippen molar-refractivity contribution in [3.8, 4) is 11.5 Å². The van der Waals surface area contributed by atoms with Gasteiger partial charge in [0.25, 0.3) is 0 Å². The molecule has 1 saturated carbocycles. The molecule has 7 heteroatoms. The van der Waals surface area contributed by atoms with Crippen LogP contribution in [0.4, 0.5) is 0 Å². The molecular weight excluding hydrogens is 340 g/mol. The number of ether oxygens (including phenoxy) is 3. The van der Waals surface area contributed by atoms with Gasteiger partial charge in [-0.3, -0.25) is 9.59 Å². The summed E-state index contributed by atoms with van der Waals surface area (Å²) in [5.74, 6) is -1.30. The number of carbonyl (C=O) groups excluding carboxylic acids is 2. The van der Waals surface area contributed by atoms with Crippen molar-refractivity contribution in [1.82, 2.24) is 0 Å². The highest BCUT2D eigenvalue weighted by Crippen LogP contribution is 2.30. The van der Waals surface area contributed by atoms with Crippen molar-refractivity contribution in [2.45, 2.75) is 25.7 Å². The lowest BCUT2D eigenvalue weighted by atomic mass is 9.82. The molecule has 1 N–H and O–H groups in total. The second kappa shape index (κ2) is 9.60. The summed E-state index contributed by atoms with van der Waals surface area (Å²) in [6.07, 6.45) is 3.13. The first kappa shape index (κ1) is 19.5. The number of benzene rings is 1. The Morgan fingerprint density at radius 1 is 1.00 bits per heavy atom. The van der Waals surface area contributed by atoms with Crippen LogP contribution in [0, 0.1) is 11.8 Å². The highest BCUT2D eigenvalue weighted by molar-refractivity contribution is 5.81. The number of carbonyl (C=O) groups is 3. The van der Waals surface area contributed by atoms with Gasteiger partial charge in [-0.2, -0.15) is 0 Å². The fourth-order valence-electron chi connectivity index (χ4n) is 2.74. The molecule has 0 unspecified atom stereocenters. The van der Waals surface area contributed by atoms with Gasteiger partial charge < -0.3 is 19.3 Å². The molecule has 2 rings (SSSR count). The molecule has 1 aromatic rings. The van der Waals surface area contributed by atoms with Crippen molar-refractivity contribution in [2.24, 2.45) is 11.8 Å². The average molecular weight is 362 g/mol. The van der Waals surface area contributed by atoms with Crippen LogP contribution >= 0.6 is 0 Å². The molecule has 1 aliphatic carbocycles. The molecule has 0 saturated heterocycles. The van der Waals surface area contributed by atoms with E-state index in [0.717, 1.165) is 6.08 Å². The molecule has 1 aromatic carbocycles. The SMILES string of the molecule is C=CC(=O)OCCOc1ccc(OC(=O)C2CCC(C(=O)O)CC2)cc1. The summed E-state index contributed by atoms with van der Waals surface area (Å²) in [7, 11) is 0. The van der Waals surface area contributed by atoms with E-state index >= 15 is 0 Å². The Kier molecular flexibility index (Phi) is 7.20. The molecule has 1 fully saturated rings. The maximum Gasteiger partial charge on any atom is 0.330 e. The number of hydrogen-bond acceptors (Lipinski definition) is 6. The van der Waals surface area contributed by atoms with Crippen LogP contribution in [0.1, 0.15) is 25.7 Å². The molecule has 0 amide bonds. The third kappa shape index (κ3) is 5.91. The number of rotatable bonds is 8. The summed E-state index contributed by atoms with van der Waals surface area (Å²) in [5.41, 5.74) is 0. The Hall–Kier alpha value is -2.83. The Balaban J connectivity index is 1.74. The Morgan fingerprint density at radius 2 is 1.58 bits per heavy atom. The molecule has 0 radical (unpaired) electrons. The minimum absolute atomic E-state index is 0.112. The smallest absolute Gasteiger partial charge is 0.330 e. The van der Waals surface area contributed by atoms with E-state index in [1.165, 1.54) is 0 Å². The lowest BCUT2D eigenvalue weighted by molar-refractivity contribution is -0.146. The first-order valence-electron chi connectivity index (χ1n) is 8.46. The predicted molar refractivity (Wildman–Crippen MR) is 91.8 cm³/mol. The van der Waals surface area contributed by atoms with E-state index < -0.39 is 11.9 Å². The van der Waals surface area contributed by atoms with E-state index in [1.807, 2.05) is 0 Å². The third-order valence-electron chi connectivity index (χ3n) is 4.21. The van der Waals surface area contributed by atoms with Crippen LogP contribution in [0.3, 0.4) is 0 Å².